The summed E-state index contributed by atoms with van der Waals surface area (Å²) in [6.45, 7) is 3.26. The predicted octanol–water partition coefficient (Wildman–Crippen LogP) is 0.544. The number of ether oxygens (including phenoxy) is 1. The van der Waals surface area contributed by atoms with E-state index in [4.69, 9.17) is 4.74 Å². The largest absolute Gasteiger partial charge is 0.481 e. The van der Waals surface area contributed by atoms with Gasteiger partial charge in [-0.3, -0.25) is 4.79 Å². The van der Waals surface area contributed by atoms with Gasteiger partial charge >= 0.3 is 0 Å². The maximum atomic E-state index is 12.2. The number of anilines is 1. The zero-order valence-electron chi connectivity index (χ0n) is 11.1. The van der Waals surface area contributed by atoms with E-state index in [1.54, 1.807) is 19.4 Å². The molecule has 2 fully saturated rings. The molecule has 6 heteroatoms. The van der Waals surface area contributed by atoms with Gasteiger partial charge in [0.25, 0.3) is 0 Å². The van der Waals surface area contributed by atoms with Crippen LogP contribution in [0.4, 0.5) is 5.95 Å². The zero-order chi connectivity index (χ0) is 13.2. The van der Waals surface area contributed by atoms with E-state index in [1.165, 1.54) is 0 Å². The molecule has 0 bridgehead atoms. The summed E-state index contributed by atoms with van der Waals surface area (Å²) in [7, 11) is 1.59. The molecule has 2 aliphatic rings. The number of hydrogen-bond donors (Lipinski definition) is 0. The molecular weight excluding hydrogens is 244 g/mol. The van der Waals surface area contributed by atoms with Crippen LogP contribution < -0.4 is 9.64 Å². The van der Waals surface area contributed by atoms with Crippen molar-refractivity contribution in [2.75, 3.05) is 38.2 Å². The minimum absolute atomic E-state index is 0.105. The Bertz CT molecular complexity index is 467. The number of hydrogen-bond acceptors (Lipinski definition) is 5. The molecule has 0 saturated carbocycles. The number of likely N-dealkylation sites (tertiary alicyclic amines) is 1. The van der Waals surface area contributed by atoms with Gasteiger partial charge in [0.05, 0.1) is 13.0 Å². The van der Waals surface area contributed by atoms with E-state index < -0.39 is 0 Å². The van der Waals surface area contributed by atoms with Crippen molar-refractivity contribution in [3.8, 4) is 5.88 Å². The van der Waals surface area contributed by atoms with Gasteiger partial charge in [-0.15, -0.1) is 0 Å². The highest BCUT2D eigenvalue weighted by Gasteiger charge is 2.37. The Morgan fingerprint density at radius 3 is 2.79 bits per heavy atom. The monoisotopic (exact) mass is 262 g/mol. The number of carbonyl (C=O) groups excluding carboxylic acids is 1. The summed E-state index contributed by atoms with van der Waals surface area (Å²) in [5.74, 6) is 1.59. The van der Waals surface area contributed by atoms with Gasteiger partial charge in [-0.2, -0.15) is 4.98 Å². The minimum Gasteiger partial charge on any atom is -0.481 e. The molecule has 3 rings (SSSR count). The smallest absolute Gasteiger partial charge is 0.229 e. The van der Waals surface area contributed by atoms with Crippen LogP contribution in [0.5, 0.6) is 5.88 Å². The maximum absolute atomic E-state index is 12.2. The molecule has 0 spiro atoms. The Kier molecular flexibility index (Phi) is 3.23. The Labute approximate surface area is 112 Å². The first kappa shape index (κ1) is 12.2. The maximum Gasteiger partial charge on any atom is 0.229 e. The molecule has 0 radical (unpaired) electrons. The zero-order valence-corrected chi connectivity index (χ0v) is 11.1. The summed E-state index contributed by atoms with van der Waals surface area (Å²) < 4.78 is 5.08. The molecule has 0 N–H and O–H groups in total. The summed E-state index contributed by atoms with van der Waals surface area (Å²) in [4.78, 5) is 24.6. The summed E-state index contributed by atoms with van der Waals surface area (Å²) in [5, 5.41) is 0. The minimum atomic E-state index is 0.105. The van der Waals surface area contributed by atoms with E-state index in [1.807, 2.05) is 9.80 Å². The highest BCUT2D eigenvalue weighted by molar-refractivity contribution is 5.82. The average Bonchev–Trinajstić information content (AvgIpc) is 2.91. The van der Waals surface area contributed by atoms with Crippen molar-refractivity contribution in [2.45, 2.75) is 12.8 Å². The summed E-state index contributed by atoms with van der Waals surface area (Å²) >= 11 is 0. The highest BCUT2D eigenvalue weighted by atomic mass is 16.5. The van der Waals surface area contributed by atoms with Gasteiger partial charge in [-0.1, -0.05) is 0 Å². The fourth-order valence-electron chi connectivity index (χ4n) is 2.59. The highest BCUT2D eigenvalue weighted by Crippen LogP contribution is 2.25. The molecule has 0 unspecified atom stereocenters. The molecule has 19 heavy (non-hydrogen) atoms. The van der Waals surface area contributed by atoms with Crippen LogP contribution in [0, 0.1) is 5.92 Å². The first-order chi connectivity index (χ1) is 9.28. The topological polar surface area (TPSA) is 58.6 Å². The summed E-state index contributed by atoms with van der Waals surface area (Å²) in [6, 6.07) is 1.72. The Morgan fingerprint density at radius 2 is 2.11 bits per heavy atom. The van der Waals surface area contributed by atoms with Crippen LogP contribution in [0.3, 0.4) is 0 Å². The Balaban J connectivity index is 1.58. The van der Waals surface area contributed by atoms with E-state index in [0.717, 1.165) is 25.9 Å². The third kappa shape index (κ3) is 2.34. The molecule has 0 aromatic carbocycles. The number of rotatable bonds is 3. The molecule has 6 nitrogen and oxygen atoms in total. The molecular formula is C13H18N4O2. The normalized spacial score (nSPS) is 19.4. The van der Waals surface area contributed by atoms with Gasteiger partial charge in [-0.25, -0.2) is 4.98 Å². The fourth-order valence-corrected chi connectivity index (χ4v) is 2.59. The van der Waals surface area contributed by atoms with Gasteiger partial charge in [0.1, 0.15) is 0 Å². The first-order valence-corrected chi connectivity index (χ1v) is 6.68. The number of carbonyl (C=O) groups is 1. The second kappa shape index (κ2) is 5.03. The van der Waals surface area contributed by atoms with E-state index in [9.17, 15) is 4.79 Å². The molecule has 3 heterocycles. The number of methoxy groups -OCH3 is 1. The molecule has 102 valence electrons. The molecule has 2 saturated heterocycles. The number of aromatic nitrogens is 2. The van der Waals surface area contributed by atoms with Gasteiger partial charge in [-0.05, 0) is 12.8 Å². The molecule has 1 aromatic rings. The molecule has 1 aromatic heterocycles. The number of amides is 1. The summed E-state index contributed by atoms with van der Waals surface area (Å²) in [6.07, 6.45) is 3.96. The van der Waals surface area contributed by atoms with E-state index in [0.29, 0.717) is 24.9 Å². The lowest BCUT2D eigenvalue weighted by Gasteiger charge is -2.39. The average molecular weight is 262 g/mol. The Hall–Kier alpha value is -1.85. The van der Waals surface area contributed by atoms with Crippen molar-refractivity contribution in [1.82, 2.24) is 14.9 Å². The van der Waals surface area contributed by atoms with E-state index >= 15 is 0 Å². The molecule has 0 aliphatic carbocycles. The van der Waals surface area contributed by atoms with Crippen LogP contribution in [0.1, 0.15) is 12.8 Å². The van der Waals surface area contributed by atoms with Crippen LogP contribution in [-0.4, -0.2) is 54.1 Å². The van der Waals surface area contributed by atoms with Gasteiger partial charge in [0, 0.05) is 38.4 Å². The van der Waals surface area contributed by atoms with Crippen LogP contribution in [0.2, 0.25) is 0 Å². The fraction of sp³-hybridized carbons (Fsp3) is 0.615. The molecule has 0 atom stereocenters. The Morgan fingerprint density at radius 1 is 1.37 bits per heavy atom. The molecule has 2 aliphatic heterocycles. The van der Waals surface area contributed by atoms with Crippen molar-refractivity contribution in [1.29, 1.82) is 0 Å². The van der Waals surface area contributed by atoms with E-state index in [2.05, 4.69) is 9.97 Å². The quantitative estimate of drug-likeness (QED) is 0.796. The van der Waals surface area contributed by atoms with E-state index in [-0.39, 0.29) is 11.8 Å². The second-order valence-electron chi connectivity index (χ2n) is 5.03. The van der Waals surface area contributed by atoms with Crippen molar-refractivity contribution in [3.63, 3.8) is 0 Å². The van der Waals surface area contributed by atoms with Crippen LogP contribution >= 0.6 is 0 Å². The SMILES string of the molecule is COc1ccnc(N2CC(C(=O)N3CCCC3)C2)n1. The molecule has 1 amide bonds. The van der Waals surface area contributed by atoms with Crippen molar-refractivity contribution < 1.29 is 9.53 Å². The second-order valence-corrected chi connectivity index (χ2v) is 5.03. The van der Waals surface area contributed by atoms with Crippen molar-refractivity contribution in [2.24, 2.45) is 5.92 Å². The third-order valence-electron chi connectivity index (χ3n) is 3.76. The lowest BCUT2D eigenvalue weighted by atomic mass is 9.99. The third-order valence-corrected chi connectivity index (χ3v) is 3.76. The van der Waals surface area contributed by atoms with Crippen molar-refractivity contribution >= 4 is 11.9 Å². The van der Waals surface area contributed by atoms with Gasteiger partial charge in [0.15, 0.2) is 0 Å². The standard InChI is InChI=1S/C13H18N4O2/c1-19-11-4-5-14-13(15-11)17-8-10(9-17)12(18)16-6-2-3-7-16/h4-5,10H,2-3,6-9H2,1H3. The van der Waals surface area contributed by atoms with Gasteiger partial charge in [0.2, 0.25) is 17.7 Å². The first-order valence-electron chi connectivity index (χ1n) is 6.68. The van der Waals surface area contributed by atoms with Crippen LogP contribution in [0.25, 0.3) is 0 Å². The lowest BCUT2D eigenvalue weighted by Crippen LogP contribution is -2.54. The van der Waals surface area contributed by atoms with Gasteiger partial charge < -0.3 is 14.5 Å². The number of nitrogens with zero attached hydrogens (tertiary/aromatic N) is 4. The lowest BCUT2D eigenvalue weighted by molar-refractivity contribution is -0.135. The summed E-state index contributed by atoms with van der Waals surface area (Å²) in [5.41, 5.74) is 0. The van der Waals surface area contributed by atoms with Crippen LogP contribution in [-0.2, 0) is 4.79 Å². The van der Waals surface area contributed by atoms with Crippen molar-refractivity contribution in [3.05, 3.63) is 12.3 Å². The van der Waals surface area contributed by atoms with Crippen LogP contribution in [0.15, 0.2) is 12.3 Å². The predicted molar refractivity (Wildman–Crippen MR) is 70.1 cm³/mol.